The van der Waals surface area contributed by atoms with Crippen LogP contribution in [0.4, 0.5) is 0 Å². The van der Waals surface area contributed by atoms with E-state index in [4.69, 9.17) is 9.84 Å². The maximum atomic E-state index is 11.8. The highest BCUT2D eigenvalue weighted by atomic mass is 16.5. The van der Waals surface area contributed by atoms with Crippen molar-refractivity contribution < 1.29 is 19.4 Å². The number of hydrogen-bond donors (Lipinski definition) is 1. The van der Waals surface area contributed by atoms with Crippen molar-refractivity contribution in [3.8, 4) is 0 Å². The van der Waals surface area contributed by atoms with Gasteiger partial charge in [-0.1, -0.05) is 0 Å². The van der Waals surface area contributed by atoms with E-state index in [9.17, 15) is 9.59 Å². The predicted molar refractivity (Wildman–Crippen MR) is 64.7 cm³/mol. The summed E-state index contributed by atoms with van der Waals surface area (Å²) in [6.45, 7) is 7.67. The molecule has 0 spiro atoms. The lowest BCUT2D eigenvalue weighted by Crippen LogP contribution is -2.32. The molecule has 0 rings (SSSR count). The topological polar surface area (TPSA) is 66.8 Å². The maximum Gasteiger partial charge on any atom is 0.331 e. The molecule has 0 atom stereocenters. The molecule has 0 aromatic rings. The summed E-state index contributed by atoms with van der Waals surface area (Å²) < 4.78 is 5.32. The first kappa shape index (κ1) is 15.6. The molecule has 0 aromatic heterocycles. The van der Waals surface area contributed by atoms with Gasteiger partial charge in [-0.15, -0.1) is 0 Å². The van der Waals surface area contributed by atoms with Crippen LogP contribution in [-0.2, 0) is 14.3 Å². The molecule has 0 heterocycles. The number of ether oxygens (including phenoxy) is 1. The van der Waals surface area contributed by atoms with Crippen molar-refractivity contribution in [3.05, 3.63) is 11.1 Å². The SMILES string of the molecule is CC(C(=O)O)=C(C)C(=O)N(C)CCOC(C)C. The van der Waals surface area contributed by atoms with Crippen LogP contribution in [0.1, 0.15) is 27.7 Å². The van der Waals surface area contributed by atoms with Crippen LogP contribution in [0.3, 0.4) is 0 Å². The van der Waals surface area contributed by atoms with Gasteiger partial charge in [-0.25, -0.2) is 4.79 Å². The highest BCUT2D eigenvalue weighted by Gasteiger charge is 2.16. The molecule has 0 unspecified atom stereocenters. The smallest absolute Gasteiger partial charge is 0.331 e. The molecule has 0 radical (unpaired) electrons. The van der Waals surface area contributed by atoms with Crippen molar-refractivity contribution in [1.82, 2.24) is 4.90 Å². The molecule has 0 bridgehead atoms. The molecule has 98 valence electrons. The van der Waals surface area contributed by atoms with Gasteiger partial charge in [-0.2, -0.15) is 0 Å². The molecule has 0 aliphatic carbocycles. The van der Waals surface area contributed by atoms with Gasteiger partial charge in [0.05, 0.1) is 12.7 Å². The maximum absolute atomic E-state index is 11.8. The zero-order valence-electron chi connectivity index (χ0n) is 11.1. The molecule has 5 nitrogen and oxygen atoms in total. The predicted octanol–water partition coefficient (Wildman–Crippen LogP) is 1.29. The number of carbonyl (C=O) groups is 2. The second-order valence-corrected chi connectivity index (χ2v) is 4.20. The van der Waals surface area contributed by atoms with Crippen molar-refractivity contribution in [3.63, 3.8) is 0 Å². The third kappa shape index (κ3) is 5.49. The van der Waals surface area contributed by atoms with E-state index < -0.39 is 5.97 Å². The monoisotopic (exact) mass is 243 g/mol. The number of aliphatic carboxylic acids is 1. The zero-order chi connectivity index (χ0) is 13.6. The molecule has 0 aliphatic heterocycles. The third-order valence-corrected chi connectivity index (χ3v) is 2.43. The first-order valence-electron chi connectivity index (χ1n) is 5.55. The summed E-state index contributed by atoms with van der Waals surface area (Å²) in [4.78, 5) is 24.0. The Morgan fingerprint density at radius 2 is 1.76 bits per heavy atom. The van der Waals surface area contributed by atoms with Gasteiger partial charge >= 0.3 is 5.97 Å². The summed E-state index contributed by atoms with van der Waals surface area (Å²) in [5, 5.41) is 8.78. The summed E-state index contributed by atoms with van der Waals surface area (Å²) in [5.41, 5.74) is 0.330. The van der Waals surface area contributed by atoms with Crippen molar-refractivity contribution in [2.45, 2.75) is 33.8 Å². The molecule has 0 saturated heterocycles. The number of likely N-dealkylation sites (N-methyl/N-ethyl adjacent to an activating group) is 1. The minimum atomic E-state index is -1.07. The summed E-state index contributed by atoms with van der Waals surface area (Å²) in [7, 11) is 1.63. The first-order chi connectivity index (χ1) is 7.77. The van der Waals surface area contributed by atoms with Gasteiger partial charge in [0.15, 0.2) is 0 Å². The lowest BCUT2D eigenvalue weighted by atomic mass is 10.1. The highest BCUT2D eigenvalue weighted by Crippen LogP contribution is 2.07. The summed E-state index contributed by atoms with van der Waals surface area (Å²) in [6, 6.07) is 0. The first-order valence-corrected chi connectivity index (χ1v) is 5.55. The van der Waals surface area contributed by atoms with Crippen LogP contribution in [0.2, 0.25) is 0 Å². The lowest BCUT2D eigenvalue weighted by Gasteiger charge is -2.19. The van der Waals surface area contributed by atoms with Gasteiger partial charge < -0.3 is 14.7 Å². The van der Waals surface area contributed by atoms with E-state index in [1.165, 1.54) is 18.7 Å². The molecule has 17 heavy (non-hydrogen) atoms. The van der Waals surface area contributed by atoms with Crippen LogP contribution in [0, 0.1) is 0 Å². The molecule has 0 aromatic carbocycles. The van der Waals surface area contributed by atoms with Crippen molar-refractivity contribution in [2.24, 2.45) is 0 Å². The van der Waals surface area contributed by atoms with Crippen molar-refractivity contribution in [2.75, 3.05) is 20.2 Å². The van der Waals surface area contributed by atoms with Crippen molar-refractivity contribution >= 4 is 11.9 Å². The van der Waals surface area contributed by atoms with E-state index in [2.05, 4.69) is 0 Å². The number of hydrogen-bond acceptors (Lipinski definition) is 3. The average molecular weight is 243 g/mol. The fraction of sp³-hybridized carbons (Fsp3) is 0.667. The summed E-state index contributed by atoms with van der Waals surface area (Å²) in [5.74, 6) is -1.35. The van der Waals surface area contributed by atoms with E-state index in [0.717, 1.165) is 0 Å². The van der Waals surface area contributed by atoms with Gasteiger partial charge in [-0.05, 0) is 27.7 Å². The molecule has 0 saturated carbocycles. The third-order valence-electron chi connectivity index (χ3n) is 2.43. The van der Waals surface area contributed by atoms with Gasteiger partial charge in [0.2, 0.25) is 5.91 Å². The largest absolute Gasteiger partial charge is 0.478 e. The van der Waals surface area contributed by atoms with Crippen LogP contribution in [0.25, 0.3) is 0 Å². The Hall–Kier alpha value is -1.36. The number of amides is 1. The van der Waals surface area contributed by atoms with E-state index in [0.29, 0.717) is 13.2 Å². The van der Waals surface area contributed by atoms with Crippen LogP contribution in [0.5, 0.6) is 0 Å². The Morgan fingerprint density at radius 1 is 1.24 bits per heavy atom. The number of rotatable bonds is 6. The van der Waals surface area contributed by atoms with E-state index in [1.807, 2.05) is 13.8 Å². The van der Waals surface area contributed by atoms with E-state index in [-0.39, 0.29) is 23.2 Å². The minimum absolute atomic E-state index is 0.0756. The Labute approximate surface area is 102 Å². The minimum Gasteiger partial charge on any atom is -0.478 e. The molecular formula is C12H21NO4. The quantitative estimate of drug-likeness (QED) is 0.714. The van der Waals surface area contributed by atoms with Crippen LogP contribution in [-0.4, -0.2) is 48.2 Å². The van der Waals surface area contributed by atoms with Crippen LogP contribution in [0.15, 0.2) is 11.1 Å². The van der Waals surface area contributed by atoms with Gasteiger partial charge in [-0.3, -0.25) is 4.79 Å². The second-order valence-electron chi connectivity index (χ2n) is 4.20. The molecule has 5 heteroatoms. The lowest BCUT2D eigenvalue weighted by molar-refractivity contribution is -0.133. The molecule has 1 amide bonds. The zero-order valence-corrected chi connectivity index (χ0v) is 11.1. The number of nitrogens with zero attached hydrogens (tertiary/aromatic N) is 1. The van der Waals surface area contributed by atoms with Crippen LogP contribution < -0.4 is 0 Å². The summed E-state index contributed by atoms with van der Waals surface area (Å²) >= 11 is 0. The Bertz CT molecular complexity index is 320. The fourth-order valence-electron chi connectivity index (χ4n) is 1.13. The van der Waals surface area contributed by atoms with E-state index >= 15 is 0 Å². The van der Waals surface area contributed by atoms with Gasteiger partial charge in [0.1, 0.15) is 0 Å². The highest BCUT2D eigenvalue weighted by molar-refractivity contribution is 6.01. The van der Waals surface area contributed by atoms with Crippen molar-refractivity contribution in [1.29, 1.82) is 0 Å². The van der Waals surface area contributed by atoms with E-state index in [1.54, 1.807) is 7.05 Å². The Kier molecular flexibility index (Phi) is 6.50. The summed E-state index contributed by atoms with van der Waals surface area (Å²) in [6.07, 6.45) is 0.121. The number of carboxylic acid groups (broad SMARTS) is 1. The Balaban J connectivity index is 4.41. The average Bonchev–Trinajstić information content (AvgIpc) is 2.25. The standard InChI is InChI=1S/C12H21NO4/c1-8(2)17-7-6-13(5)11(14)9(3)10(4)12(15)16/h8H,6-7H2,1-5H3,(H,15,16). The Morgan fingerprint density at radius 3 is 2.18 bits per heavy atom. The van der Waals surface area contributed by atoms with Gasteiger partial charge in [0, 0.05) is 24.7 Å². The van der Waals surface area contributed by atoms with Crippen LogP contribution >= 0.6 is 0 Å². The number of carbonyl (C=O) groups excluding carboxylic acids is 1. The normalized spacial score (nSPS) is 12.4. The number of carboxylic acids is 1. The molecule has 0 aliphatic rings. The molecule has 0 fully saturated rings. The fourth-order valence-corrected chi connectivity index (χ4v) is 1.13. The van der Waals surface area contributed by atoms with Gasteiger partial charge in [0.25, 0.3) is 0 Å². The second kappa shape index (κ2) is 7.06. The molecular weight excluding hydrogens is 222 g/mol. The molecule has 1 N–H and O–H groups in total.